The monoisotopic (exact) mass is 383 g/mol. The second-order valence-electron chi connectivity index (χ2n) is 5.40. The Labute approximate surface area is 140 Å². The summed E-state index contributed by atoms with van der Waals surface area (Å²) >= 11 is 0. The van der Waals surface area contributed by atoms with Crippen LogP contribution in [0.4, 0.5) is 0 Å². The van der Waals surface area contributed by atoms with E-state index in [0.29, 0.717) is 28.4 Å². The van der Waals surface area contributed by atoms with E-state index in [2.05, 4.69) is 4.98 Å². The largest absolute Gasteiger partial charge is 0.454 e. The Morgan fingerprint density at radius 3 is 2.24 bits per heavy atom. The van der Waals surface area contributed by atoms with Gasteiger partial charge in [0.25, 0.3) is 20.2 Å². The maximum atomic E-state index is 11.6. The number of nitrogens with zero attached hydrogens (tertiary/aromatic N) is 1. The van der Waals surface area contributed by atoms with Gasteiger partial charge in [-0.1, -0.05) is 0 Å². The summed E-state index contributed by atoms with van der Waals surface area (Å²) in [6.07, 6.45) is 0. The van der Waals surface area contributed by atoms with Gasteiger partial charge < -0.3 is 8.83 Å². The van der Waals surface area contributed by atoms with Gasteiger partial charge in [0.15, 0.2) is 17.1 Å². The molecule has 25 heavy (non-hydrogen) atoms. The zero-order valence-electron chi connectivity index (χ0n) is 12.4. The third-order valence-corrected chi connectivity index (χ3v) is 5.39. The second kappa shape index (κ2) is 4.79. The molecule has 11 heteroatoms. The molecule has 0 saturated carbocycles. The van der Waals surface area contributed by atoms with Gasteiger partial charge in [-0.3, -0.25) is 9.11 Å². The molecule has 0 fully saturated rings. The van der Waals surface area contributed by atoms with Crippen molar-refractivity contribution in [2.24, 2.45) is 0 Å². The number of aryl methyl sites for hydroxylation is 1. The minimum absolute atomic E-state index is 0.0775. The zero-order chi connectivity index (χ0) is 18.1. The first-order valence-corrected chi connectivity index (χ1v) is 9.64. The van der Waals surface area contributed by atoms with Crippen LogP contribution in [0.1, 0.15) is 5.89 Å². The topological polar surface area (TPSA) is 148 Å². The highest BCUT2D eigenvalue weighted by atomic mass is 32.2. The van der Waals surface area contributed by atoms with Crippen LogP contribution in [0.15, 0.2) is 42.9 Å². The van der Waals surface area contributed by atoms with Crippen molar-refractivity contribution in [3.8, 4) is 0 Å². The predicted molar refractivity (Wildman–Crippen MR) is 85.7 cm³/mol. The van der Waals surface area contributed by atoms with Gasteiger partial charge in [-0.2, -0.15) is 16.8 Å². The quantitative estimate of drug-likeness (QED) is 0.498. The Balaban J connectivity index is 2.25. The molecular formula is C14H9NO8S2. The number of oxazole rings is 1. The summed E-state index contributed by atoms with van der Waals surface area (Å²) in [6, 6.07) is 4.70. The first-order valence-electron chi connectivity index (χ1n) is 6.76. The van der Waals surface area contributed by atoms with E-state index in [1.54, 1.807) is 6.92 Å². The van der Waals surface area contributed by atoms with Crippen molar-refractivity contribution in [2.45, 2.75) is 16.7 Å². The normalized spacial score (nSPS) is 13.2. The number of hydrogen-bond donors (Lipinski definition) is 2. The van der Waals surface area contributed by atoms with Crippen LogP contribution in [0.3, 0.4) is 0 Å². The average molecular weight is 383 g/mol. The van der Waals surface area contributed by atoms with E-state index in [-0.39, 0.29) is 16.6 Å². The van der Waals surface area contributed by atoms with Crippen LogP contribution in [-0.4, -0.2) is 30.9 Å². The fourth-order valence-electron chi connectivity index (χ4n) is 2.70. The van der Waals surface area contributed by atoms with Gasteiger partial charge >= 0.3 is 0 Å². The summed E-state index contributed by atoms with van der Waals surface area (Å²) in [5.74, 6) is 0.407. The molecule has 0 aliphatic heterocycles. The lowest BCUT2D eigenvalue weighted by atomic mass is 10.1. The number of furan rings is 1. The minimum Gasteiger partial charge on any atom is -0.454 e. The highest BCUT2D eigenvalue weighted by Gasteiger charge is 2.25. The molecule has 0 bridgehead atoms. The molecule has 0 saturated heterocycles. The number of fused-ring (bicyclic) bond motifs is 4. The van der Waals surface area contributed by atoms with Crippen molar-refractivity contribution in [3.05, 3.63) is 30.2 Å². The van der Waals surface area contributed by atoms with Gasteiger partial charge in [0, 0.05) is 23.8 Å². The Hall–Kier alpha value is -2.47. The van der Waals surface area contributed by atoms with Crippen molar-refractivity contribution in [1.82, 2.24) is 4.98 Å². The van der Waals surface area contributed by atoms with Crippen LogP contribution >= 0.6 is 0 Å². The number of aromatic nitrogens is 1. The van der Waals surface area contributed by atoms with E-state index >= 15 is 0 Å². The van der Waals surface area contributed by atoms with Crippen molar-refractivity contribution in [1.29, 1.82) is 0 Å². The van der Waals surface area contributed by atoms with Crippen molar-refractivity contribution >= 4 is 53.3 Å². The molecule has 0 radical (unpaired) electrons. The fraction of sp³-hybridized carbons (Fsp3) is 0.0714. The molecule has 2 N–H and O–H groups in total. The van der Waals surface area contributed by atoms with Crippen LogP contribution < -0.4 is 0 Å². The molecule has 2 aromatic carbocycles. The lowest BCUT2D eigenvalue weighted by Crippen LogP contribution is -2.03. The van der Waals surface area contributed by atoms with E-state index in [1.165, 1.54) is 12.1 Å². The van der Waals surface area contributed by atoms with Gasteiger partial charge in [-0.25, -0.2) is 4.98 Å². The molecule has 4 rings (SSSR count). The zero-order valence-corrected chi connectivity index (χ0v) is 14.1. The van der Waals surface area contributed by atoms with Gasteiger partial charge in [-0.15, -0.1) is 0 Å². The molecule has 0 atom stereocenters. The lowest BCUT2D eigenvalue weighted by molar-refractivity contribution is 0.480. The average Bonchev–Trinajstić information content (AvgIpc) is 2.99. The fourth-order valence-corrected chi connectivity index (χ4v) is 3.97. The molecule has 0 spiro atoms. The lowest BCUT2D eigenvalue weighted by Gasteiger charge is -2.02. The molecule has 2 heterocycles. The summed E-state index contributed by atoms with van der Waals surface area (Å²) in [5, 5.41) is 0.419. The van der Waals surface area contributed by atoms with E-state index in [1.807, 2.05) is 0 Å². The van der Waals surface area contributed by atoms with Gasteiger partial charge in [0.1, 0.15) is 16.0 Å². The van der Waals surface area contributed by atoms with Gasteiger partial charge in [0.05, 0.1) is 4.90 Å². The first kappa shape index (κ1) is 16.0. The minimum atomic E-state index is -4.81. The van der Waals surface area contributed by atoms with E-state index in [4.69, 9.17) is 8.83 Å². The van der Waals surface area contributed by atoms with Crippen LogP contribution in [0.2, 0.25) is 0 Å². The van der Waals surface area contributed by atoms with Crippen LogP contribution in [-0.2, 0) is 20.2 Å². The molecule has 0 aliphatic carbocycles. The van der Waals surface area contributed by atoms with Crippen LogP contribution in [0.25, 0.3) is 33.0 Å². The second-order valence-corrected chi connectivity index (χ2v) is 8.21. The summed E-state index contributed by atoms with van der Waals surface area (Å²) in [4.78, 5) is 2.67. The molecule has 130 valence electrons. The molecule has 2 aromatic heterocycles. The van der Waals surface area contributed by atoms with Gasteiger partial charge in [0.2, 0.25) is 0 Å². The summed E-state index contributed by atoms with van der Waals surface area (Å²) in [5.41, 5.74) is 0.827. The van der Waals surface area contributed by atoms with E-state index in [0.717, 1.165) is 6.07 Å². The molecule has 4 aromatic rings. The highest BCUT2D eigenvalue weighted by molar-refractivity contribution is 7.86. The third-order valence-electron chi connectivity index (χ3n) is 3.70. The number of benzene rings is 2. The summed E-state index contributed by atoms with van der Waals surface area (Å²) in [6.45, 7) is 1.65. The summed E-state index contributed by atoms with van der Waals surface area (Å²) < 4.78 is 75.7. The Morgan fingerprint density at radius 2 is 1.60 bits per heavy atom. The predicted octanol–water partition coefficient (Wildman–Crippen LogP) is 2.53. The maximum Gasteiger partial charge on any atom is 0.298 e. The van der Waals surface area contributed by atoms with Crippen molar-refractivity contribution in [2.75, 3.05) is 0 Å². The molecular weight excluding hydrogens is 374 g/mol. The van der Waals surface area contributed by atoms with Crippen molar-refractivity contribution < 1.29 is 34.8 Å². The molecule has 9 nitrogen and oxygen atoms in total. The number of rotatable bonds is 2. The smallest absolute Gasteiger partial charge is 0.298 e. The maximum absolute atomic E-state index is 11.6. The Morgan fingerprint density at radius 1 is 0.880 bits per heavy atom. The standard InChI is InChI=1S/C14H9NO8S2/c1-6-15-10-5-11-8(4-12(10)22-6)9-2-7(24(16,17)18)3-13(14(9)23-11)25(19,20)21/h2-5H,1H3,(H,16,17,18)(H,19,20,21). The van der Waals surface area contributed by atoms with E-state index < -0.39 is 30.0 Å². The molecule has 0 amide bonds. The SMILES string of the molecule is Cc1nc2cc3oc4c(S(=O)(=O)O)cc(S(=O)(=O)O)cc4c3cc2o1. The Bertz CT molecular complexity index is 1390. The molecule has 0 unspecified atom stereocenters. The number of hydrogen-bond acceptors (Lipinski definition) is 7. The third kappa shape index (κ3) is 2.48. The Kier molecular flexibility index (Phi) is 3.07. The van der Waals surface area contributed by atoms with Crippen molar-refractivity contribution in [3.63, 3.8) is 0 Å². The first-order chi connectivity index (χ1) is 11.5. The summed E-state index contributed by atoms with van der Waals surface area (Å²) in [7, 11) is -9.52. The van der Waals surface area contributed by atoms with Crippen LogP contribution in [0.5, 0.6) is 0 Å². The van der Waals surface area contributed by atoms with Crippen LogP contribution in [0, 0.1) is 6.92 Å². The highest BCUT2D eigenvalue weighted by Crippen LogP contribution is 2.37. The molecule has 0 aliphatic rings. The van der Waals surface area contributed by atoms with E-state index in [9.17, 15) is 25.9 Å². The van der Waals surface area contributed by atoms with Gasteiger partial charge in [-0.05, 0) is 18.2 Å².